The zero-order valence-electron chi connectivity index (χ0n) is 19.0. The second-order valence-electron chi connectivity index (χ2n) is 9.43. The van der Waals surface area contributed by atoms with Crippen molar-refractivity contribution in [3.8, 4) is 11.1 Å². The van der Waals surface area contributed by atoms with Gasteiger partial charge < -0.3 is 4.84 Å². The van der Waals surface area contributed by atoms with Gasteiger partial charge in [-0.15, -0.1) is 0 Å². The van der Waals surface area contributed by atoms with Crippen LogP contribution < -0.4 is 0 Å². The van der Waals surface area contributed by atoms with Gasteiger partial charge in [-0.3, -0.25) is 9.78 Å². The molecule has 2 aliphatic rings. The first-order valence-corrected chi connectivity index (χ1v) is 11.5. The zero-order chi connectivity index (χ0) is 23.0. The molecule has 0 radical (unpaired) electrons. The number of hydrogen-bond donors (Lipinski definition) is 0. The number of rotatable bonds is 6. The van der Waals surface area contributed by atoms with Gasteiger partial charge in [-0.25, -0.2) is 4.39 Å². The molecule has 0 unspecified atom stereocenters. The number of hydrogen-bond acceptors (Lipinski definition) is 4. The molecule has 0 saturated heterocycles. The standard InChI is InChI=1S/C28H27FN2O2/c1-18-4-6-20(7-5-18)21-13-22(26-16-28(33-31-26)9-3-10-28)15-23(14-21)27(32)12-19(2)24-8-11-30-17-25(24)29/h4-8,11,13-15,17,19H,3,9-10,12,16H2,1-2H3/t19-/m0/s1. The van der Waals surface area contributed by atoms with E-state index in [9.17, 15) is 9.18 Å². The van der Waals surface area contributed by atoms with Crippen molar-refractivity contribution in [2.45, 2.75) is 57.5 Å². The Kier molecular flexibility index (Phi) is 5.57. The molecule has 5 heteroatoms. The predicted molar refractivity (Wildman–Crippen MR) is 127 cm³/mol. The second-order valence-corrected chi connectivity index (χ2v) is 9.43. The molecular weight excluding hydrogens is 415 g/mol. The first-order valence-electron chi connectivity index (χ1n) is 11.5. The van der Waals surface area contributed by atoms with Crippen molar-refractivity contribution in [2.24, 2.45) is 5.16 Å². The number of oxime groups is 1. The van der Waals surface area contributed by atoms with Crippen LogP contribution in [0.1, 0.15) is 72.0 Å². The molecule has 1 aromatic heterocycles. The predicted octanol–water partition coefficient (Wildman–Crippen LogP) is 6.62. The van der Waals surface area contributed by atoms with Crippen LogP contribution in [0.4, 0.5) is 4.39 Å². The number of carbonyl (C=O) groups excluding carboxylic acids is 1. The maximum absolute atomic E-state index is 14.2. The lowest BCUT2D eigenvalue weighted by atomic mass is 9.76. The Morgan fingerprint density at radius 3 is 2.52 bits per heavy atom. The van der Waals surface area contributed by atoms with Crippen molar-refractivity contribution in [3.05, 3.63) is 89.0 Å². The van der Waals surface area contributed by atoms with E-state index in [1.807, 2.05) is 19.1 Å². The van der Waals surface area contributed by atoms with E-state index in [0.29, 0.717) is 11.1 Å². The molecule has 1 aliphatic carbocycles. The van der Waals surface area contributed by atoms with Crippen LogP contribution in [0.15, 0.2) is 66.1 Å². The number of carbonyl (C=O) groups is 1. The van der Waals surface area contributed by atoms with Crippen molar-refractivity contribution in [1.29, 1.82) is 0 Å². The van der Waals surface area contributed by atoms with E-state index in [1.165, 1.54) is 18.2 Å². The molecule has 4 nitrogen and oxygen atoms in total. The fourth-order valence-corrected chi connectivity index (χ4v) is 4.67. The van der Waals surface area contributed by atoms with Gasteiger partial charge in [0.05, 0.1) is 11.9 Å². The van der Waals surface area contributed by atoms with Crippen LogP contribution in [0.2, 0.25) is 0 Å². The summed E-state index contributed by atoms with van der Waals surface area (Å²) < 4.78 is 14.2. The van der Waals surface area contributed by atoms with Crippen molar-refractivity contribution in [2.75, 3.05) is 0 Å². The Bertz CT molecular complexity index is 1230. The van der Waals surface area contributed by atoms with Gasteiger partial charge >= 0.3 is 0 Å². The fraction of sp³-hybridized carbons (Fsp3) is 0.321. The van der Waals surface area contributed by atoms with E-state index >= 15 is 0 Å². The largest absolute Gasteiger partial charge is 0.389 e. The molecule has 2 aromatic carbocycles. The Morgan fingerprint density at radius 2 is 1.85 bits per heavy atom. The Labute approximate surface area is 193 Å². The monoisotopic (exact) mass is 442 g/mol. The molecular formula is C28H27FN2O2. The lowest BCUT2D eigenvalue weighted by molar-refractivity contribution is -0.0755. The summed E-state index contributed by atoms with van der Waals surface area (Å²) in [5.74, 6) is -0.653. The van der Waals surface area contributed by atoms with Crippen LogP contribution in [-0.4, -0.2) is 22.1 Å². The third-order valence-electron chi connectivity index (χ3n) is 6.90. The molecule has 3 aromatic rings. The average molecular weight is 443 g/mol. The third-order valence-corrected chi connectivity index (χ3v) is 6.90. The molecule has 1 aliphatic heterocycles. The molecule has 1 saturated carbocycles. The minimum absolute atomic E-state index is 0.0215. The van der Waals surface area contributed by atoms with E-state index < -0.39 is 0 Å². The number of pyridine rings is 1. The maximum Gasteiger partial charge on any atom is 0.163 e. The van der Waals surface area contributed by atoms with Gasteiger partial charge in [0.15, 0.2) is 5.78 Å². The molecule has 33 heavy (non-hydrogen) atoms. The van der Waals surface area contributed by atoms with E-state index in [2.05, 4.69) is 47.4 Å². The lowest BCUT2D eigenvalue weighted by Crippen LogP contribution is -2.36. The summed E-state index contributed by atoms with van der Waals surface area (Å²) in [6.45, 7) is 3.92. The summed E-state index contributed by atoms with van der Waals surface area (Å²) in [5, 5.41) is 4.40. The minimum atomic E-state index is -0.379. The smallest absolute Gasteiger partial charge is 0.163 e. The highest BCUT2D eigenvalue weighted by molar-refractivity contribution is 6.06. The molecule has 2 heterocycles. The fourth-order valence-electron chi connectivity index (χ4n) is 4.67. The Hall–Kier alpha value is -3.34. The molecule has 0 amide bonds. The number of nitrogens with zero attached hydrogens (tertiary/aromatic N) is 2. The highest BCUT2D eigenvalue weighted by atomic mass is 19.1. The first-order chi connectivity index (χ1) is 15.9. The molecule has 0 bridgehead atoms. The molecule has 1 spiro atoms. The SMILES string of the molecule is Cc1ccc(-c2cc(C(=O)C[C@H](C)c3ccncc3F)cc(C3=NOC4(CCC4)C3)c2)cc1. The van der Waals surface area contributed by atoms with Crippen LogP contribution in [0.5, 0.6) is 0 Å². The van der Waals surface area contributed by atoms with Gasteiger partial charge in [0.1, 0.15) is 11.4 Å². The normalized spacial score (nSPS) is 17.2. The minimum Gasteiger partial charge on any atom is -0.389 e. The summed E-state index contributed by atoms with van der Waals surface area (Å²) in [4.78, 5) is 22.9. The number of benzene rings is 2. The summed E-state index contributed by atoms with van der Waals surface area (Å²) in [7, 11) is 0. The highest BCUT2D eigenvalue weighted by Gasteiger charge is 2.45. The van der Waals surface area contributed by atoms with Gasteiger partial charge in [0.25, 0.3) is 0 Å². The average Bonchev–Trinajstić information content (AvgIpc) is 3.26. The molecule has 1 fully saturated rings. The third kappa shape index (κ3) is 4.32. The van der Waals surface area contributed by atoms with Crippen molar-refractivity contribution in [1.82, 2.24) is 4.98 Å². The Morgan fingerprint density at radius 1 is 1.09 bits per heavy atom. The van der Waals surface area contributed by atoms with Gasteiger partial charge in [-0.1, -0.05) is 41.9 Å². The second kappa shape index (κ2) is 8.54. The first kappa shape index (κ1) is 21.5. The Balaban J connectivity index is 1.48. The molecule has 168 valence electrons. The van der Waals surface area contributed by atoms with Gasteiger partial charge in [-0.05, 0) is 73.1 Å². The van der Waals surface area contributed by atoms with Crippen LogP contribution >= 0.6 is 0 Å². The number of ketones is 1. The van der Waals surface area contributed by atoms with Crippen LogP contribution in [0.25, 0.3) is 11.1 Å². The topological polar surface area (TPSA) is 51.5 Å². The van der Waals surface area contributed by atoms with E-state index in [-0.39, 0.29) is 29.5 Å². The van der Waals surface area contributed by atoms with E-state index in [1.54, 1.807) is 12.3 Å². The van der Waals surface area contributed by atoms with Gasteiger partial charge in [0, 0.05) is 30.2 Å². The highest BCUT2D eigenvalue weighted by Crippen LogP contribution is 2.43. The molecule has 5 rings (SSSR count). The van der Waals surface area contributed by atoms with Crippen molar-refractivity contribution < 1.29 is 14.0 Å². The van der Waals surface area contributed by atoms with Gasteiger partial charge in [-0.2, -0.15) is 0 Å². The number of halogens is 1. The van der Waals surface area contributed by atoms with Gasteiger partial charge in [0.2, 0.25) is 0 Å². The van der Waals surface area contributed by atoms with Crippen molar-refractivity contribution >= 4 is 11.5 Å². The van der Waals surface area contributed by atoms with E-state index in [4.69, 9.17) is 4.84 Å². The zero-order valence-corrected chi connectivity index (χ0v) is 19.0. The summed E-state index contributed by atoms with van der Waals surface area (Å²) in [6, 6.07) is 15.8. The summed E-state index contributed by atoms with van der Waals surface area (Å²) >= 11 is 0. The molecule has 0 N–H and O–H groups in total. The number of aromatic nitrogens is 1. The maximum atomic E-state index is 14.2. The van der Waals surface area contributed by atoms with Crippen LogP contribution in [0.3, 0.4) is 0 Å². The quantitative estimate of drug-likeness (QED) is 0.403. The number of aryl methyl sites for hydroxylation is 1. The molecule has 1 atom stereocenters. The summed E-state index contributed by atoms with van der Waals surface area (Å²) in [6.07, 6.45) is 6.96. The number of Topliss-reactive ketones (excluding diaryl/α,β-unsaturated/α-hetero) is 1. The van der Waals surface area contributed by atoms with Crippen LogP contribution in [0, 0.1) is 12.7 Å². The van der Waals surface area contributed by atoms with E-state index in [0.717, 1.165) is 41.7 Å². The van der Waals surface area contributed by atoms with Crippen molar-refractivity contribution in [3.63, 3.8) is 0 Å². The van der Waals surface area contributed by atoms with Crippen LogP contribution in [-0.2, 0) is 4.84 Å². The lowest BCUT2D eigenvalue weighted by Gasteiger charge is -2.34. The summed E-state index contributed by atoms with van der Waals surface area (Å²) in [5.41, 5.74) is 5.98.